The number of carboxylic acid groups (broad SMARTS) is 1. The summed E-state index contributed by atoms with van der Waals surface area (Å²) in [5, 5.41) is 14.5. The highest BCUT2D eigenvalue weighted by Crippen LogP contribution is 2.30. The molecule has 26 heavy (non-hydrogen) atoms. The van der Waals surface area contributed by atoms with Gasteiger partial charge in [0.15, 0.2) is 0 Å². The van der Waals surface area contributed by atoms with Crippen molar-refractivity contribution in [2.75, 3.05) is 6.61 Å². The van der Waals surface area contributed by atoms with Gasteiger partial charge >= 0.3 is 5.97 Å². The second-order valence-electron chi connectivity index (χ2n) is 6.37. The Morgan fingerprint density at radius 1 is 1.35 bits per heavy atom. The number of aliphatic carboxylic acids is 1. The third-order valence-electron chi connectivity index (χ3n) is 4.33. The van der Waals surface area contributed by atoms with Crippen LogP contribution in [-0.2, 0) is 16.0 Å². The summed E-state index contributed by atoms with van der Waals surface area (Å²) < 4.78 is 5.61. The molecule has 1 fully saturated rings. The lowest BCUT2D eigenvalue weighted by atomic mass is 10.0. The van der Waals surface area contributed by atoms with Crippen LogP contribution in [0.2, 0.25) is 0 Å². The SMILES string of the molecule is O=C(O)CCC(Cc1ccccc1)NC(=O)c1csc(C2CCCO2)n1. The Hall–Kier alpha value is -2.25. The number of benzene rings is 1. The first kappa shape index (κ1) is 18.5. The van der Waals surface area contributed by atoms with E-state index in [1.54, 1.807) is 5.38 Å². The highest BCUT2D eigenvalue weighted by atomic mass is 32.1. The molecule has 1 aromatic carbocycles. The number of rotatable bonds is 8. The Labute approximate surface area is 156 Å². The van der Waals surface area contributed by atoms with Gasteiger partial charge in [-0.25, -0.2) is 4.98 Å². The highest BCUT2D eigenvalue weighted by molar-refractivity contribution is 7.09. The molecule has 6 nitrogen and oxygen atoms in total. The number of thiazole rings is 1. The third kappa shape index (κ3) is 5.12. The number of amides is 1. The molecule has 2 unspecified atom stereocenters. The van der Waals surface area contributed by atoms with E-state index in [2.05, 4.69) is 10.3 Å². The lowest BCUT2D eigenvalue weighted by Crippen LogP contribution is -2.37. The molecule has 1 aliphatic rings. The van der Waals surface area contributed by atoms with Crippen molar-refractivity contribution in [1.82, 2.24) is 10.3 Å². The number of hydrogen-bond acceptors (Lipinski definition) is 5. The van der Waals surface area contributed by atoms with Crippen molar-refractivity contribution in [3.63, 3.8) is 0 Å². The summed E-state index contributed by atoms with van der Waals surface area (Å²) >= 11 is 1.43. The predicted octanol–water partition coefficient (Wildman–Crippen LogP) is 3.20. The van der Waals surface area contributed by atoms with E-state index in [0.717, 1.165) is 30.0 Å². The molecule has 2 N–H and O–H groups in total. The molecule has 0 saturated carbocycles. The topological polar surface area (TPSA) is 88.5 Å². The van der Waals surface area contributed by atoms with Crippen molar-refractivity contribution in [1.29, 1.82) is 0 Å². The van der Waals surface area contributed by atoms with Crippen LogP contribution in [0.5, 0.6) is 0 Å². The van der Waals surface area contributed by atoms with Gasteiger partial charge in [0.1, 0.15) is 16.8 Å². The number of ether oxygens (including phenoxy) is 1. The smallest absolute Gasteiger partial charge is 0.303 e. The quantitative estimate of drug-likeness (QED) is 0.741. The molecule has 7 heteroatoms. The van der Waals surface area contributed by atoms with E-state index in [4.69, 9.17) is 9.84 Å². The summed E-state index contributed by atoms with van der Waals surface area (Å²) in [6.45, 7) is 0.736. The van der Waals surface area contributed by atoms with Gasteiger partial charge in [-0.05, 0) is 31.2 Å². The van der Waals surface area contributed by atoms with Gasteiger partial charge in [-0.2, -0.15) is 0 Å². The highest BCUT2D eigenvalue weighted by Gasteiger charge is 2.23. The number of nitrogens with zero attached hydrogens (tertiary/aromatic N) is 1. The van der Waals surface area contributed by atoms with Crippen LogP contribution in [0.1, 0.15) is 52.8 Å². The average molecular weight is 374 g/mol. The van der Waals surface area contributed by atoms with E-state index in [9.17, 15) is 9.59 Å². The number of aromatic nitrogens is 1. The summed E-state index contributed by atoms with van der Waals surface area (Å²) in [7, 11) is 0. The largest absolute Gasteiger partial charge is 0.481 e. The van der Waals surface area contributed by atoms with Crippen LogP contribution >= 0.6 is 11.3 Å². The summed E-state index contributed by atoms with van der Waals surface area (Å²) in [6, 6.07) is 9.47. The molecule has 0 bridgehead atoms. The Kier molecular flexibility index (Phi) is 6.35. The summed E-state index contributed by atoms with van der Waals surface area (Å²) in [5.74, 6) is -1.14. The van der Waals surface area contributed by atoms with Crippen LogP contribution < -0.4 is 5.32 Å². The van der Waals surface area contributed by atoms with Gasteiger partial charge < -0.3 is 15.2 Å². The van der Waals surface area contributed by atoms with Crippen molar-refractivity contribution in [3.05, 3.63) is 52.0 Å². The third-order valence-corrected chi connectivity index (χ3v) is 5.26. The molecule has 2 aromatic rings. The normalized spacial score (nSPS) is 17.8. The van der Waals surface area contributed by atoms with Crippen LogP contribution in [0.4, 0.5) is 0 Å². The van der Waals surface area contributed by atoms with Crippen molar-refractivity contribution in [2.24, 2.45) is 0 Å². The van der Waals surface area contributed by atoms with Crippen molar-refractivity contribution < 1.29 is 19.4 Å². The number of hydrogen-bond donors (Lipinski definition) is 2. The van der Waals surface area contributed by atoms with E-state index in [1.807, 2.05) is 30.3 Å². The minimum Gasteiger partial charge on any atom is -0.481 e. The maximum absolute atomic E-state index is 12.6. The maximum Gasteiger partial charge on any atom is 0.303 e. The Morgan fingerprint density at radius 3 is 2.85 bits per heavy atom. The number of carbonyl (C=O) groups is 2. The zero-order valence-electron chi connectivity index (χ0n) is 14.4. The fraction of sp³-hybridized carbons (Fsp3) is 0.421. The Balaban J connectivity index is 1.64. The van der Waals surface area contributed by atoms with Crippen LogP contribution in [0.25, 0.3) is 0 Å². The standard InChI is InChI=1S/C19H22N2O4S/c22-17(23)9-8-14(11-13-5-2-1-3-6-13)20-18(24)15-12-26-19(21-15)16-7-4-10-25-16/h1-3,5-6,12,14,16H,4,7-11H2,(H,20,24)(H,22,23). The molecule has 2 heterocycles. The van der Waals surface area contributed by atoms with Gasteiger partial charge in [-0.15, -0.1) is 11.3 Å². The zero-order valence-corrected chi connectivity index (χ0v) is 15.2. The van der Waals surface area contributed by atoms with Crippen molar-refractivity contribution in [3.8, 4) is 0 Å². The predicted molar refractivity (Wildman–Crippen MR) is 98.3 cm³/mol. The van der Waals surface area contributed by atoms with E-state index in [0.29, 0.717) is 18.5 Å². The molecule has 0 radical (unpaired) electrons. The number of carbonyl (C=O) groups excluding carboxylic acids is 1. The minimum absolute atomic E-state index is 0.00586. The summed E-state index contributed by atoms with van der Waals surface area (Å²) in [6.07, 6.45) is 2.91. The summed E-state index contributed by atoms with van der Waals surface area (Å²) in [4.78, 5) is 27.9. The van der Waals surface area contributed by atoms with Gasteiger partial charge in [0.05, 0.1) is 0 Å². The molecule has 1 saturated heterocycles. The first-order chi connectivity index (χ1) is 12.6. The van der Waals surface area contributed by atoms with Crippen LogP contribution in [0, 0.1) is 0 Å². The minimum atomic E-state index is -0.869. The summed E-state index contributed by atoms with van der Waals surface area (Å²) in [5.41, 5.74) is 1.43. The van der Waals surface area contributed by atoms with Gasteiger partial charge in [0.25, 0.3) is 5.91 Å². The lowest BCUT2D eigenvalue weighted by molar-refractivity contribution is -0.137. The zero-order chi connectivity index (χ0) is 18.4. The Morgan fingerprint density at radius 2 is 2.15 bits per heavy atom. The first-order valence-electron chi connectivity index (χ1n) is 8.75. The molecule has 0 spiro atoms. The van der Waals surface area contributed by atoms with E-state index in [-0.39, 0.29) is 24.5 Å². The fourth-order valence-corrected chi connectivity index (χ4v) is 3.87. The molecule has 0 aliphatic carbocycles. The second-order valence-corrected chi connectivity index (χ2v) is 7.25. The van der Waals surface area contributed by atoms with Crippen molar-refractivity contribution in [2.45, 2.75) is 44.2 Å². The molecule has 1 aliphatic heterocycles. The molecular formula is C19H22N2O4S. The second kappa shape index (κ2) is 8.91. The molecule has 3 rings (SSSR count). The number of nitrogens with one attached hydrogen (secondary N) is 1. The van der Waals surface area contributed by atoms with Crippen LogP contribution in [0.3, 0.4) is 0 Å². The van der Waals surface area contributed by atoms with Gasteiger partial charge in [0, 0.05) is 24.4 Å². The van der Waals surface area contributed by atoms with Gasteiger partial charge in [-0.1, -0.05) is 30.3 Å². The fourth-order valence-electron chi connectivity index (χ4n) is 2.99. The van der Waals surface area contributed by atoms with Crippen molar-refractivity contribution >= 4 is 23.2 Å². The van der Waals surface area contributed by atoms with E-state index in [1.165, 1.54) is 11.3 Å². The molecule has 138 valence electrons. The van der Waals surface area contributed by atoms with Gasteiger partial charge in [-0.3, -0.25) is 9.59 Å². The number of carboxylic acids is 1. The van der Waals surface area contributed by atoms with Gasteiger partial charge in [0.2, 0.25) is 0 Å². The average Bonchev–Trinajstić information content (AvgIpc) is 3.31. The Bertz CT molecular complexity index is 741. The van der Waals surface area contributed by atoms with Crippen LogP contribution in [-0.4, -0.2) is 34.6 Å². The van der Waals surface area contributed by atoms with E-state index >= 15 is 0 Å². The molecular weight excluding hydrogens is 352 g/mol. The molecule has 2 atom stereocenters. The first-order valence-corrected chi connectivity index (χ1v) is 9.63. The monoisotopic (exact) mass is 374 g/mol. The molecule has 1 aromatic heterocycles. The van der Waals surface area contributed by atoms with E-state index < -0.39 is 5.97 Å². The van der Waals surface area contributed by atoms with Crippen LogP contribution in [0.15, 0.2) is 35.7 Å². The lowest BCUT2D eigenvalue weighted by Gasteiger charge is -2.17. The molecule has 1 amide bonds. The maximum atomic E-state index is 12.6.